The van der Waals surface area contributed by atoms with Crippen molar-refractivity contribution in [1.82, 2.24) is 9.88 Å². The van der Waals surface area contributed by atoms with Gasteiger partial charge in [-0.3, -0.25) is 4.79 Å². The molecule has 1 aromatic heterocycles. The molecule has 3 nitrogen and oxygen atoms in total. The molecule has 88 valence electrons. The third-order valence-corrected chi connectivity index (χ3v) is 2.35. The number of pyridine rings is 1. The third kappa shape index (κ3) is 4.03. The summed E-state index contributed by atoms with van der Waals surface area (Å²) in [6.07, 6.45) is 2.93. The van der Waals surface area contributed by atoms with E-state index in [0.29, 0.717) is 6.54 Å². The summed E-state index contributed by atoms with van der Waals surface area (Å²) in [6.45, 7) is 10.4. The number of nitrogens with zero attached hydrogens (tertiary/aromatic N) is 1. The summed E-state index contributed by atoms with van der Waals surface area (Å²) >= 11 is 0. The zero-order valence-electron chi connectivity index (χ0n) is 10.1. The second-order valence-electron chi connectivity index (χ2n) is 4.10. The van der Waals surface area contributed by atoms with Gasteiger partial charge in [0.1, 0.15) is 0 Å². The van der Waals surface area contributed by atoms with E-state index >= 15 is 0 Å². The monoisotopic (exact) mass is 220 g/mol. The van der Waals surface area contributed by atoms with E-state index in [1.165, 1.54) is 0 Å². The van der Waals surface area contributed by atoms with Gasteiger partial charge in [-0.1, -0.05) is 13.5 Å². The second kappa shape index (κ2) is 6.28. The SMILES string of the molecule is C=C(CNCCC)Cn1ccc(C)cc1=O. The lowest BCUT2D eigenvalue weighted by molar-refractivity contribution is 0.664. The van der Waals surface area contributed by atoms with Crippen molar-refractivity contribution >= 4 is 0 Å². The lowest BCUT2D eigenvalue weighted by Gasteiger charge is -2.09. The van der Waals surface area contributed by atoms with Gasteiger partial charge in [0.05, 0.1) is 0 Å². The van der Waals surface area contributed by atoms with Crippen LogP contribution in [-0.4, -0.2) is 17.7 Å². The van der Waals surface area contributed by atoms with Gasteiger partial charge in [-0.15, -0.1) is 0 Å². The number of rotatable bonds is 6. The molecule has 0 unspecified atom stereocenters. The van der Waals surface area contributed by atoms with Crippen LogP contribution in [0.15, 0.2) is 35.3 Å². The molecule has 1 heterocycles. The van der Waals surface area contributed by atoms with Crippen LogP contribution in [0.2, 0.25) is 0 Å². The van der Waals surface area contributed by atoms with Crippen molar-refractivity contribution in [3.63, 3.8) is 0 Å². The van der Waals surface area contributed by atoms with E-state index in [9.17, 15) is 4.79 Å². The van der Waals surface area contributed by atoms with Gasteiger partial charge in [0, 0.05) is 25.4 Å². The van der Waals surface area contributed by atoms with Crippen molar-refractivity contribution in [2.45, 2.75) is 26.8 Å². The van der Waals surface area contributed by atoms with Crippen molar-refractivity contribution in [1.29, 1.82) is 0 Å². The smallest absolute Gasteiger partial charge is 0.251 e. The van der Waals surface area contributed by atoms with Gasteiger partial charge in [-0.05, 0) is 37.1 Å². The highest BCUT2D eigenvalue weighted by molar-refractivity contribution is 5.09. The summed E-state index contributed by atoms with van der Waals surface area (Å²) in [7, 11) is 0. The van der Waals surface area contributed by atoms with E-state index in [2.05, 4.69) is 18.8 Å². The highest BCUT2D eigenvalue weighted by Crippen LogP contribution is 1.96. The van der Waals surface area contributed by atoms with Crippen LogP contribution in [0.1, 0.15) is 18.9 Å². The van der Waals surface area contributed by atoms with Crippen LogP contribution in [0, 0.1) is 6.92 Å². The standard InChI is InChI=1S/C13H20N2O/c1-4-6-14-9-12(3)10-15-7-5-11(2)8-13(15)16/h5,7-8,14H,3-4,6,9-10H2,1-2H3. The zero-order chi connectivity index (χ0) is 12.0. The molecule has 16 heavy (non-hydrogen) atoms. The molecule has 0 radical (unpaired) electrons. The lowest BCUT2D eigenvalue weighted by atomic mass is 10.2. The van der Waals surface area contributed by atoms with Crippen LogP contribution >= 0.6 is 0 Å². The number of aryl methyl sites for hydroxylation is 1. The number of hydrogen-bond acceptors (Lipinski definition) is 2. The van der Waals surface area contributed by atoms with E-state index in [0.717, 1.165) is 30.6 Å². The van der Waals surface area contributed by atoms with E-state index < -0.39 is 0 Å². The van der Waals surface area contributed by atoms with Crippen molar-refractivity contribution in [3.8, 4) is 0 Å². The average Bonchev–Trinajstić information content (AvgIpc) is 2.23. The topological polar surface area (TPSA) is 34.0 Å². The summed E-state index contributed by atoms with van der Waals surface area (Å²) in [5.74, 6) is 0. The van der Waals surface area contributed by atoms with Crippen LogP contribution in [0.5, 0.6) is 0 Å². The maximum Gasteiger partial charge on any atom is 0.251 e. The largest absolute Gasteiger partial charge is 0.313 e. The van der Waals surface area contributed by atoms with E-state index in [4.69, 9.17) is 0 Å². The Hall–Kier alpha value is -1.35. The van der Waals surface area contributed by atoms with Gasteiger partial charge in [0.2, 0.25) is 0 Å². The van der Waals surface area contributed by atoms with Gasteiger partial charge in [-0.25, -0.2) is 0 Å². The highest BCUT2D eigenvalue weighted by atomic mass is 16.1. The van der Waals surface area contributed by atoms with Crippen LogP contribution in [0.3, 0.4) is 0 Å². The fourth-order valence-corrected chi connectivity index (χ4v) is 1.48. The molecule has 0 aliphatic rings. The molecular formula is C13H20N2O. The Morgan fingerprint density at radius 3 is 2.94 bits per heavy atom. The maximum atomic E-state index is 11.6. The molecule has 1 aromatic rings. The van der Waals surface area contributed by atoms with Gasteiger partial charge in [-0.2, -0.15) is 0 Å². The molecule has 0 saturated heterocycles. The first-order valence-corrected chi connectivity index (χ1v) is 5.68. The molecule has 1 rings (SSSR count). The number of aromatic nitrogens is 1. The summed E-state index contributed by atoms with van der Waals surface area (Å²) in [6, 6.07) is 3.58. The quantitative estimate of drug-likeness (QED) is 0.585. The molecule has 0 atom stereocenters. The van der Waals surface area contributed by atoms with Gasteiger partial charge >= 0.3 is 0 Å². The first-order chi connectivity index (χ1) is 7.63. The third-order valence-electron chi connectivity index (χ3n) is 2.35. The summed E-state index contributed by atoms with van der Waals surface area (Å²) in [5, 5.41) is 3.27. The Labute approximate surface area is 96.8 Å². The molecule has 0 fully saturated rings. The molecule has 0 amide bonds. The predicted molar refractivity (Wildman–Crippen MR) is 67.7 cm³/mol. The molecule has 0 saturated carbocycles. The van der Waals surface area contributed by atoms with Crippen molar-refractivity contribution in [3.05, 3.63) is 46.4 Å². The Balaban J connectivity index is 2.53. The average molecular weight is 220 g/mol. The summed E-state index contributed by atoms with van der Waals surface area (Å²) < 4.78 is 1.68. The zero-order valence-corrected chi connectivity index (χ0v) is 10.1. The minimum Gasteiger partial charge on any atom is -0.313 e. The van der Waals surface area contributed by atoms with E-state index in [-0.39, 0.29) is 5.56 Å². The van der Waals surface area contributed by atoms with Crippen molar-refractivity contribution in [2.24, 2.45) is 0 Å². The Morgan fingerprint density at radius 1 is 1.56 bits per heavy atom. The summed E-state index contributed by atoms with van der Waals surface area (Å²) in [4.78, 5) is 11.6. The minimum atomic E-state index is 0.0386. The molecule has 0 spiro atoms. The first kappa shape index (κ1) is 12.7. The number of hydrogen-bond donors (Lipinski definition) is 1. The molecule has 0 aliphatic heterocycles. The Bertz CT molecular complexity index is 407. The van der Waals surface area contributed by atoms with Crippen LogP contribution in [0.25, 0.3) is 0 Å². The highest BCUT2D eigenvalue weighted by Gasteiger charge is 1.98. The number of nitrogens with one attached hydrogen (secondary N) is 1. The van der Waals surface area contributed by atoms with E-state index in [1.807, 2.05) is 19.2 Å². The van der Waals surface area contributed by atoms with E-state index in [1.54, 1.807) is 10.6 Å². The first-order valence-electron chi connectivity index (χ1n) is 5.68. The predicted octanol–water partition coefficient (Wildman–Crippen LogP) is 1.71. The maximum absolute atomic E-state index is 11.6. The lowest BCUT2D eigenvalue weighted by Crippen LogP contribution is -2.24. The molecule has 1 N–H and O–H groups in total. The second-order valence-corrected chi connectivity index (χ2v) is 4.10. The normalized spacial score (nSPS) is 10.4. The molecule has 3 heteroatoms. The van der Waals surface area contributed by atoms with Crippen LogP contribution < -0.4 is 10.9 Å². The minimum absolute atomic E-state index is 0.0386. The van der Waals surface area contributed by atoms with Gasteiger partial charge < -0.3 is 9.88 Å². The molecular weight excluding hydrogens is 200 g/mol. The fraction of sp³-hybridized carbons (Fsp3) is 0.462. The fourth-order valence-electron chi connectivity index (χ4n) is 1.48. The Kier molecular flexibility index (Phi) is 4.99. The van der Waals surface area contributed by atoms with Crippen LogP contribution in [-0.2, 0) is 6.54 Å². The van der Waals surface area contributed by atoms with Gasteiger partial charge in [0.15, 0.2) is 0 Å². The van der Waals surface area contributed by atoms with Crippen molar-refractivity contribution in [2.75, 3.05) is 13.1 Å². The van der Waals surface area contributed by atoms with Gasteiger partial charge in [0.25, 0.3) is 5.56 Å². The van der Waals surface area contributed by atoms with Crippen LogP contribution in [0.4, 0.5) is 0 Å². The van der Waals surface area contributed by atoms with Crippen molar-refractivity contribution < 1.29 is 0 Å². The molecule has 0 aromatic carbocycles. The Morgan fingerprint density at radius 2 is 2.31 bits per heavy atom. The molecule has 0 aliphatic carbocycles. The molecule has 0 bridgehead atoms. The summed E-state index contributed by atoms with van der Waals surface area (Å²) in [5.41, 5.74) is 2.06.